The molecule has 1 amide bonds. The van der Waals surface area contributed by atoms with E-state index in [0.29, 0.717) is 22.4 Å². The Morgan fingerprint density at radius 3 is 2.62 bits per heavy atom. The second-order valence-electron chi connectivity index (χ2n) is 9.77. The highest BCUT2D eigenvalue weighted by Crippen LogP contribution is 2.39. The van der Waals surface area contributed by atoms with Gasteiger partial charge in [0.1, 0.15) is 0 Å². The van der Waals surface area contributed by atoms with Gasteiger partial charge in [0, 0.05) is 11.4 Å². The van der Waals surface area contributed by atoms with Crippen LogP contribution >= 0.6 is 23.1 Å². The first kappa shape index (κ1) is 27.7. The smallest absolute Gasteiger partial charge is 0.267 e. The molecule has 1 aliphatic carbocycles. The molecule has 1 aromatic heterocycles. The van der Waals surface area contributed by atoms with Crippen molar-refractivity contribution in [2.24, 2.45) is 4.99 Å². The largest absolute Gasteiger partial charge is 0.493 e. The molecule has 1 saturated heterocycles. The maximum absolute atomic E-state index is 13.6. The van der Waals surface area contributed by atoms with Crippen molar-refractivity contribution in [3.05, 3.63) is 39.7 Å². The zero-order valence-electron chi connectivity index (χ0n) is 22.3. The van der Waals surface area contributed by atoms with Crippen LogP contribution in [0.1, 0.15) is 88.8 Å². The third-order valence-corrected chi connectivity index (χ3v) is 8.65. The summed E-state index contributed by atoms with van der Waals surface area (Å²) in [6.45, 7) is 4.88. The van der Waals surface area contributed by atoms with Crippen LogP contribution in [0.3, 0.4) is 0 Å². The Kier molecular flexibility index (Phi) is 10.5. The van der Waals surface area contributed by atoms with Crippen LogP contribution in [0.4, 0.5) is 5.13 Å². The molecular weight excluding hydrogens is 502 g/mol. The molecule has 0 N–H and O–H groups in total. The van der Waals surface area contributed by atoms with Crippen LogP contribution in [-0.4, -0.2) is 40.7 Å². The summed E-state index contributed by atoms with van der Waals surface area (Å²) in [5, 5.41) is 3.43. The van der Waals surface area contributed by atoms with Crippen molar-refractivity contribution < 1.29 is 14.3 Å². The summed E-state index contributed by atoms with van der Waals surface area (Å²) in [6, 6.07) is 6.08. The van der Waals surface area contributed by atoms with Gasteiger partial charge < -0.3 is 9.47 Å². The molecule has 6 nitrogen and oxygen atoms in total. The summed E-state index contributed by atoms with van der Waals surface area (Å²) in [5.74, 6) is 1.46. The lowest BCUT2D eigenvalue weighted by Gasteiger charge is -2.30. The minimum atomic E-state index is 0.0336. The van der Waals surface area contributed by atoms with Crippen molar-refractivity contribution in [2.45, 2.75) is 90.5 Å². The van der Waals surface area contributed by atoms with E-state index >= 15 is 0 Å². The predicted octanol–water partition coefficient (Wildman–Crippen LogP) is 8.14. The minimum Gasteiger partial charge on any atom is -0.493 e. The monoisotopic (exact) mass is 541 g/mol. The molecule has 0 bridgehead atoms. The van der Waals surface area contributed by atoms with E-state index < -0.39 is 0 Å². The number of amides is 1. The molecule has 8 heteroatoms. The second-order valence-corrected chi connectivity index (χ2v) is 11.6. The molecule has 0 spiro atoms. The molecule has 37 heavy (non-hydrogen) atoms. The van der Waals surface area contributed by atoms with Crippen molar-refractivity contribution in [1.82, 2.24) is 9.88 Å². The van der Waals surface area contributed by atoms with Crippen LogP contribution in [0.25, 0.3) is 6.08 Å². The van der Waals surface area contributed by atoms with Crippen LogP contribution in [0.15, 0.2) is 33.5 Å². The fourth-order valence-corrected chi connectivity index (χ4v) is 6.57. The van der Waals surface area contributed by atoms with Crippen molar-refractivity contribution in [1.29, 1.82) is 0 Å². The molecule has 2 fully saturated rings. The van der Waals surface area contributed by atoms with Gasteiger partial charge in [-0.25, -0.2) is 4.98 Å². The molecule has 0 radical (unpaired) electrons. The van der Waals surface area contributed by atoms with Gasteiger partial charge in [-0.05, 0) is 61.7 Å². The van der Waals surface area contributed by atoms with E-state index in [4.69, 9.17) is 14.5 Å². The normalized spacial score (nSPS) is 18.8. The van der Waals surface area contributed by atoms with Crippen molar-refractivity contribution >= 4 is 45.4 Å². The molecule has 2 aliphatic rings. The van der Waals surface area contributed by atoms with Crippen molar-refractivity contribution in [3.8, 4) is 11.5 Å². The third-order valence-electron chi connectivity index (χ3n) is 6.82. The summed E-state index contributed by atoms with van der Waals surface area (Å²) in [5.41, 5.74) is 1.86. The van der Waals surface area contributed by atoms with Gasteiger partial charge in [0.2, 0.25) is 5.13 Å². The Morgan fingerprint density at radius 2 is 1.89 bits per heavy atom. The number of thiazole rings is 1. The summed E-state index contributed by atoms with van der Waals surface area (Å²) < 4.78 is 11.6. The summed E-state index contributed by atoms with van der Waals surface area (Å²) >= 11 is 2.95. The second kappa shape index (κ2) is 14.0. The third kappa shape index (κ3) is 7.60. The fraction of sp³-hybridized carbons (Fsp3) is 0.552. The van der Waals surface area contributed by atoms with E-state index in [0.717, 1.165) is 54.3 Å². The van der Waals surface area contributed by atoms with Crippen molar-refractivity contribution in [2.75, 3.05) is 13.7 Å². The SMILES string of the molecule is CCCCCCCCOc1ccc(/C=C2\S/C(=N/c3nc(C)cs3)N(C3CCCCC3)C2=O)cc1OC. The lowest BCUT2D eigenvalue weighted by atomic mass is 9.94. The number of amidine groups is 1. The van der Waals surface area contributed by atoms with Gasteiger partial charge in [-0.3, -0.25) is 9.69 Å². The summed E-state index contributed by atoms with van der Waals surface area (Å²) in [4.78, 5) is 25.5. The average molecular weight is 542 g/mol. The quantitative estimate of drug-likeness (QED) is 0.200. The van der Waals surface area contributed by atoms with E-state index in [-0.39, 0.29) is 11.9 Å². The van der Waals surface area contributed by atoms with E-state index in [2.05, 4.69) is 11.9 Å². The number of thioether (sulfide) groups is 1. The minimum absolute atomic E-state index is 0.0336. The van der Waals surface area contributed by atoms with Crippen LogP contribution in [0.5, 0.6) is 11.5 Å². The van der Waals surface area contributed by atoms with Crippen LogP contribution in [0, 0.1) is 6.92 Å². The molecule has 200 valence electrons. The molecule has 2 aromatic rings. The van der Waals surface area contributed by atoms with Gasteiger partial charge in [0.25, 0.3) is 5.91 Å². The molecule has 1 aromatic carbocycles. The molecule has 0 atom stereocenters. The lowest BCUT2D eigenvalue weighted by Crippen LogP contribution is -2.40. The topological polar surface area (TPSA) is 64.0 Å². The van der Waals surface area contributed by atoms with Gasteiger partial charge in [-0.2, -0.15) is 4.99 Å². The zero-order valence-corrected chi connectivity index (χ0v) is 24.0. The summed E-state index contributed by atoms with van der Waals surface area (Å²) in [6.07, 6.45) is 14.9. The highest BCUT2D eigenvalue weighted by Gasteiger charge is 2.38. The fourth-order valence-electron chi connectivity index (χ4n) is 4.81. The highest BCUT2D eigenvalue weighted by atomic mass is 32.2. The Hall–Kier alpha value is -2.32. The van der Waals surface area contributed by atoms with Gasteiger partial charge in [0.05, 0.1) is 24.3 Å². The van der Waals surface area contributed by atoms with E-state index in [1.165, 1.54) is 61.6 Å². The number of aliphatic imine (C=N–C) groups is 1. The van der Waals surface area contributed by atoms with Gasteiger partial charge in [-0.15, -0.1) is 11.3 Å². The molecule has 1 saturated carbocycles. The Labute approximate surface area is 229 Å². The number of carbonyl (C=O) groups is 1. The van der Waals surface area contributed by atoms with E-state index in [1.54, 1.807) is 7.11 Å². The molecule has 1 aliphatic heterocycles. The molecule has 2 heterocycles. The van der Waals surface area contributed by atoms with Crippen LogP contribution in [0.2, 0.25) is 0 Å². The van der Waals surface area contributed by atoms with Crippen LogP contribution < -0.4 is 9.47 Å². The number of nitrogens with zero attached hydrogens (tertiary/aromatic N) is 3. The number of methoxy groups -OCH3 is 1. The van der Waals surface area contributed by atoms with E-state index in [9.17, 15) is 4.79 Å². The number of hydrogen-bond donors (Lipinski definition) is 0. The number of hydrogen-bond acceptors (Lipinski definition) is 7. The number of aromatic nitrogens is 1. The molecule has 0 unspecified atom stereocenters. The number of ether oxygens (including phenoxy) is 2. The summed E-state index contributed by atoms with van der Waals surface area (Å²) in [7, 11) is 1.66. The van der Waals surface area contributed by atoms with Gasteiger partial charge in [-0.1, -0.05) is 64.4 Å². The Morgan fingerprint density at radius 1 is 1.11 bits per heavy atom. The average Bonchev–Trinajstić information content (AvgIpc) is 3.46. The first-order valence-corrected chi connectivity index (χ1v) is 15.3. The highest BCUT2D eigenvalue weighted by molar-refractivity contribution is 8.18. The van der Waals surface area contributed by atoms with Gasteiger partial charge in [0.15, 0.2) is 16.7 Å². The van der Waals surface area contributed by atoms with Crippen molar-refractivity contribution in [3.63, 3.8) is 0 Å². The number of benzene rings is 1. The lowest BCUT2D eigenvalue weighted by molar-refractivity contribution is -0.124. The number of carbonyl (C=O) groups excluding carboxylic acids is 1. The van der Waals surface area contributed by atoms with E-state index in [1.807, 2.05) is 41.5 Å². The molecular formula is C29H39N3O3S2. The Balaban J connectivity index is 1.48. The number of rotatable bonds is 12. The first-order valence-electron chi connectivity index (χ1n) is 13.6. The zero-order chi connectivity index (χ0) is 26.0. The predicted molar refractivity (Wildman–Crippen MR) is 155 cm³/mol. The maximum Gasteiger partial charge on any atom is 0.267 e. The maximum atomic E-state index is 13.6. The number of unbranched alkanes of at least 4 members (excludes halogenated alkanes) is 5. The molecule has 4 rings (SSSR count). The Bertz CT molecular complexity index is 1110. The van der Waals surface area contributed by atoms with Gasteiger partial charge >= 0.3 is 0 Å². The van der Waals surface area contributed by atoms with Crippen LogP contribution in [-0.2, 0) is 4.79 Å². The number of aryl methyl sites for hydroxylation is 1. The first-order chi connectivity index (χ1) is 18.1. The standard InChI is InChI=1S/C29H39N3O3S2/c1-4-5-6-7-8-12-17-35-24-16-15-22(18-25(24)34-3)19-26-27(33)32(23-13-10-9-11-14-23)29(37-26)31-28-30-21(2)20-36-28/h15-16,18-20,23H,4-14,17H2,1-3H3/b26-19-,31-29+.